The zero-order chi connectivity index (χ0) is 18.7. The summed E-state index contributed by atoms with van der Waals surface area (Å²) in [5.74, 6) is -0.965. The van der Waals surface area contributed by atoms with Crippen molar-refractivity contribution in [1.29, 1.82) is 0 Å². The molecule has 3 N–H and O–H groups in total. The highest BCUT2D eigenvalue weighted by molar-refractivity contribution is 5.97. The van der Waals surface area contributed by atoms with Gasteiger partial charge in [-0.3, -0.25) is 0 Å². The molecule has 1 aromatic heterocycles. The third-order valence-electron chi connectivity index (χ3n) is 3.63. The van der Waals surface area contributed by atoms with E-state index in [0.717, 1.165) is 10.8 Å². The lowest BCUT2D eigenvalue weighted by Gasteiger charge is -2.06. The Hall–Kier alpha value is -3.18. The number of carboxylic acid groups (broad SMARTS) is 1. The van der Waals surface area contributed by atoms with Crippen LogP contribution in [-0.2, 0) is 0 Å². The molecular formula is C21H20N2O3. The molecule has 5 heteroatoms. The maximum atomic E-state index is 11.2. The Bertz CT molecular complexity index is 1010. The van der Waals surface area contributed by atoms with Crippen LogP contribution in [0.3, 0.4) is 0 Å². The zero-order valence-electron chi connectivity index (χ0n) is 14.7. The number of quaternary nitrogens is 1. The number of carboxylic acids is 1. The van der Waals surface area contributed by atoms with Crippen LogP contribution >= 0.6 is 0 Å². The Morgan fingerprint density at radius 2 is 1.62 bits per heavy atom. The maximum absolute atomic E-state index is 11.2. The van der Waals surface area contributed by atoms with E-state index in [0.29, 0.717) is 22.7 Å². The molecule has 0 saturated carbocycles. The second-order valence-corrected chi connectivity index (χ2v) is 6.41. The standard InChI is InChI=1S/C18H11NO3.C3H9N/c20-18(21)14-8-4-3-7-13(14)17-19-15-9-11-5-1-2-6-12(11)10-16(15)22-17;1-3(2)4/h1-10H,(H,20,21);3H,4H2,1-2H3. The molecular weight excluding hydrogens is 328 g/mol. The molecule has 0 bridgehead atoms. The van der Waals surface area contributed by atoms with Gasteiger partial charge in [-0.2, -0.15) is 0 Å². The van der Waals surface area contributed by atoms with Crippen molar-refractivity contribution in [2.24, 2.45) is 0 Å². The molecule has 3 aromatic carbocycles. The van der Waals surface area contributed by atoms with E-state index in [4.69, 9.17) is 4.42 Å². The summed E-state index contributed by atoms with van der Waals surface area (Å²) in [6, 6.07) is 18.9. The van der Waals surface area contributed by atoms with Gasteiger partial charge >= 0.3 is 0 Å². The van der Waals surface area contributed by atoms with Crippen LogP contribution in [0, 0.1) is 0 Å². The largest absolute Gasteiger partial charge is 0.545 e. The lowest BCUT2D eigenvalue weighted by Crippen LogP contribution is -2.57. The topological polar surface area (TPSA) is 93.8 Å². The lowest BCUT2D eigenvalue weighted by atomic mass is 10.1. The van der Waals surface area contributed by atoms with E-state index < -0.39 is 5.97 Å². The van der Waals surface area contributed by atoms with Gasteiger partial charge in [-0.05, 0) is 42.8 Å². The Morgan fingerprint density at radius 3 is 2.27 bits per heavy atom. The second-order valence-electron chi connectivity index (χ2n) is 6.41. The maximum Gasteiger partial charge on any atom is 0.227 e. The van der Waals surface area contributed by atoms with Gasteiger partial charge in [0.2, 0.25) is 5.89 Å². The Morgan fingerprint density at radius 1 is 1.04 bits per heavy atom. The van der Waals surface area contributed by atoms with E-state index in [2.05, 4.69) is 24.6 Å². The molecule has 0 saturated heterocycles. The minimum atomic E-state index is -1.25. The molecule has 0 atom stereocenters. The molecule has 1 heterocycles. The molecule has 4 aromatic rings. The second kappa shape index (κ2) is 7.37. The summed E-state index contributed by atoms with van der Waals surface area (Å²) in [7, 11) is 0. The molecule has 0 radical (unpaired) electrons. The van der Waals surface area contributed by atoms with E-state index >= 15 is 0 Å². The van der Waals surface area contributed by atoms with Crippen LogP contribution < -0.4 is 10.8 Å². The Labute approximate surface area is 151 Å². The highest BCUT2D eigenvalue weighted by Crippen LogP contribution is 2.29. The number of aromatic nitrogens is 1. The van der Waals surface area contributed by atoms with Crippen molar-refractivity contribution in [3.63, 3.8) is 0 Å². The average Bonchev–Trinajstić information content (AvgIpc) is 3.01. The van der Waals surface area contributed by atoms with Crippen molar-refractivity contribution in [2.75, 3.05) is 0 Å². The summed E-state index contributed by atoms with van der Waals surface area (Å²) in [4.78, 5) is 15.6. The van der Waals surface area contributed by atoms with Gasteiger partial charge in [0.25, 0.3) is 0 Å². The summed E-state index contributed by atoms with van der Waals surface area (Å²) in [6.45, 7) is 4.11. The summed E-state index contributed by atoms with van der Waals surface area (Å²) in [6.07, 6.45) is 0. The van der Waals surface area contributed by atoms with E-state index in [1.54, 1.807) is 18.2 Å². The summed E-state index contributed by atoms with van der Waals surface area (Å²) < 4.78 is 5.75. The van der Waals surface area contributed by atoms with Gasteiger partial charge in [-0.15, -0.1) is 0 Å². The fraction of sp³-hybridized carbons (Fsp3) is 0.143. The fourth-order valence-electron chi connectivity index (χ4n) is 2.58. The van der Waals surface area contributed by atoms with Crippen LogP contribution in [0.1, 0.15) is 24.2 Å². The van der Waals surface area contributed by atoms with Crippen molar-refractivity contribution >= 4 is 27.8 Å². The quantitative estimate of drug-likeness (QED) is 0.602. The van der Waals surface area contributed by atoms with Gasteiger partial charge in [0, 0.05) is 11.1 Å². The predicted molar refractivity (Wildman–Crippen MR) is 99.3 cm³/mol. The molecule has 4 rings (SSSR count). The number of aromatic carboxylic acids is 1. The van der Waals surface area contributed by atoms with Gasteiger partial charge in [-0.25, -0.2) is 4.98 Å². The van der Waals surface area contributed by atoms with Gasteiger partial charge in [0.05, 0.1) is 12.0 Å². The van der Waals surface area contributed by atoms with Crippen molar-refractivity contribution in [2.45, 2.75) is 19.9 Å². The van der Waals surface area contributed by atoms with Crippen LogP contribution in [0.25, 0.3) is 33.3 Å². The Balaban J connectivity index is 0.000000447. The normalized spacial score (nSPS) is 10.8. The number of carbonyl (C=O) groups is 1. The van der Waals surface area contributed by atoms with E-state index in [1.807, 2.05) is 36.4 Å². The van der Waals surface area contributed by atoms with Crippen LogP contribution in [-0.4, -0.2) is 17.0 Å². The van der Waals surface area contributed by atoms with Crippen LogP contribution in [0.4, 0.5) is 0 Å². The monoisotopic (exact) mass is 348 g/mol. The first-order valence-electron chi connectivity index (χ1n) is 8.39. The third-order valence-corrected chi connectivity index (χ3v) is 3.63. The fourth-order valence-corrected chi connectivity index (χ4v) is 2.58. The van der Waals surface area contributed by atoms with Gasteiger partial charge in [-0.1, -0.05) is 42.5 Å². The summed E-state index contributed by atoms with van der Waals surface area (Å²) in [5.41, 5.74) is 5.45. The lowest BCUT2D eigenvalue weighted by molar-refractivity contribution is -0.407. The average molecular weight is 348 g/mol. The molecule has 0 fully saturated rings. The third kappa shape index (κ3) is 3.73. The number of hydrogen-bond acceptors (Lipinski definition) is 4. The number of rotatable bonds is 2. The summed E-state index contributed by atoms with van der Waals surface area (Å²) in [5, 5.41) is 13.3. The first kappa shape index (κ1) is 17.6. The first-order chi connectivity index (χ1) is 12.5. The van der Waals surface area contributed by atoms with Crippen molar-refractivity contribution in [3.8, 4) is 11.5 Å². The van der Waals surface area contributed by atoms with Crippen LogP contribution in [0.15, 0.2) is 65.1 Å². The molecule has 0 spiro atoms. The minimum absolute atomic E-state index is 0.0682. The number of oxazole rings is 1. The molecule has 0 aliphatic carbocycles. The van der Waals surface area contributed by atoms with Gasteiger partial charge < -0.3 is 20.1 Å². The molecule has 0 aliphatic rings. The van der Waals surface area contributed by atoms with E-state index in [1.165, 1.54) is 6.07 Å². The number of carbonyl (C=O) groups excluding carboxylic acids is 1. The highest BCUT2D eigenvalue weighted by atomic mass is 16.4. The van der Waals surface area contributed by atoms with Crippen LogP contribution in [0.5, 0.6) is 0 Å². The van der Waals surface area contributed by atoms with Gasteiger partial charge in [0.15, 0.2) is 5.58 Å². The molecule has 26 heavy (non-hydrogen) atoms. The first-order valence-corrected chi connectivity index (χ1v) is 8.39. The van der Waals surface area contributed by atoms with Crippen LogP contribution in [0.2, 0.25) is 0 Å². The smallest absolute Gasteiger partial charge is 0.227 e. The molecule has 5 nitrogen and oxygen atoms in total. The zero-order valence-corrected chi connectivity index (χ0v) is 14.7. The van der Waals surface area contributed by atoms with Crippen molar-refractivity contribution < 1.29 is 20.1 Å². The molecule has 132 valence electrons. The summed E-state index contributed by atoms with van der Waals surface area (Å²) >= 11 is 0. The number of benzene rings is 3. The predicted octanol–water partition coefficient (Wildman–Crippen LogP) is 2.65. The molecule has 0 amide bonds. The minimum Gasteiger partial charge on any atom is -0.545 e. The van der Waals surface area contributed by atoms with E-state index in [9.17, 15) is 9.90 Å². The molecule has 0 unspecified atom stereocenters. The van der Waals surface area contributed by atoms with E-state index in [-0.39, 0.29) is 11.5 Å². The van der Waals surface area contributed by atoms with Crippen molar-refractivity contribution in [3.05, 3.63) is 66.2 Å². The Kier molecular flexibility index (Phi) is 5.00. The highest BCUT2D eigenvalue weighted by Gasteiger charge is 2.13. The SMILES string of the molecule is CC(C)[NH3+].O=C([O-])c1ccccc1-c1nc2cc3ccccc3cc2o1. The number of nitrogens with zero attached hydrogens (tertiary/aromatic N) is 1. The van der Waals surface area contributed by atoms with Crippen molar-refractivity contribution in [1.82, 2.24) is 4.98 Å². The number of fused-ring (bicyclic) bond motifs is 2. The van der Waals surface area contributed by atoms with Gasteiger partial charge in [0.1, 0.15) is 5.52 Å². The molecule has 0 aliphatic heterocycles. The number of hydrogen-bond donors (Lipinski definition) is 1.